The standard InChI is InChI=1S/C26H33F2N5O3S/c1-18-13-19(15-21(14-18)32-11-7-26(27,28)8-12-32)31-24(34)22-23(30-20(16-29-22)17-37(2,35)36)33-9-5-25(3-4-25)6-10-33/h13-16H,3-12,17H2,1-2H3,(H,31,34). The van der Waals surface area contributed by atoms with Crippen LogP contribution in [-0.2, 0) is 15.6 Å². The Kier molecular flexibility index (Phi) is 6.62. The molecule has 37 heavy (non-hydrogen) atoms. The van der Waals surface area contributed by atoms with Gasteiger partial charge < -0.3 is 15.1 Å². The predicted molar refractivity (Wildman–Crippen MR) is 139 cm³/mol. The topological polar surface area (TPSA) is 95.5 Å². The van der Waals surface area contributed by atoms with Crippen molar-refractivity contribution in [2.24, 2.45) is 5.41 Å². The number of hydrogen-bond donors (Lipinski definition) is 1. The second kappa shape index (κ2) is 9.49. The Bertz CT molecular complexity index is 1290. The zero-order valence-electron chi connectivity index (χ0n) is 21.3. The molecule has 11 heteroatoms. The summed E-state index contributed by atoms with van der Waals surface area (Å²) >= 11 is 0. The van der Waals surface area contributed by atoms with Crippen molar-refractivity contribution in [1.82, 2.24) is 9.97 Å². The van der Waals surface area contributed by atoms with Crippen molar-refractivity contribution < 1.29 is 22.0 Å². The highest BCUT2D eigenvalue weighted by Gasteiger charge is 2.45. The van der Waals surface area contributed by atoms with Crippen molar-refractivity contribution in [3.8, 4) is 0 Å². The van der Waals surface area contributed by atoms with E-state index in [2.05, 4.69) is 15.3 Å². The average Bonchev–Trinajstić information content (AvgIpc) is 3.56. The van der Waals surface area contributed by atoms with Gasteiger partial charge in [-0.05, 0) is 61.8 Å². The number of hydrogen-bond acceptors (Lipinski definition) is 7. The van der Waals surface area contributed by atoms with Gasteiger partial charge in [0.1, 0.15) is 0 Å². The van der Waals surface area contributed by atoms with Crippen molar-refractivity contribution >= 4 is 32.9 Å². The van der Waals surface area contributed by atoms with Crippen LogP contribution in [0.4, 0.5) is 26.0 Å². The molecule has 0 radical (unpaired) electrons. The van der Waals surface area contributed by atoms with Crippen LogP contribution < -0.4 is 15.1 Å². The number of sulfone groups is 1. The molecule has 0 bridgehead atoms. The molecule has 1 spiro atoms. The first kappa shape index (κ1) is 25.8. The minimum atomic E-state index is -3.32. The number of amides is 1. The number of carbonyl (C=O) groups is 1. The Morgan fingerprint density at radius 1 is 1.00 bits per heavy atom. The van der Waals surface area contributed by atoms with Gasteiger partial charge in [-0.3, -0.25) is 4.79 Å². The predicted octanol–water partition coefficient (Wildman–Crippen LogP) is 4.20. The summed E-state index contributed by atoms with van der Waals surface area (Å²) in [6.07, 6.45) is 6.60. The molecule has 3 aliphatic rings. The third-order valence-electron chi connectivity index (χ3n) is 7.69. The van der Waals surface area contributed by atoms with Gasteiger partial charge in [-0.15, -0.1) is 0 Å². The summed E-state index contributed by atoms with van der Waals surface area (Å²) in [4.78, 5) is 26.3. The van der Waals surface area contributed by atoms with Gasteiger partial charge in [0.05, 0.1) is 17.6 Å². The third kappa shape index (κ3) is 6.19. The first-order valence-corrected chi connectivity index (χ1v) is 14.8. The third-order valence-corrected chi connectivity index (χ3v) is 8.51. The van der Waals surface area contributed by atoms with E-state index < -0.39 is 21.7 Å². The molecule has 2 aliphatic heterocycles. The fourth-order valence-electron chi connectivity index (χ4n) is 5.30. The van der Waals surface area contributed by atoms with E-state index in [1.807, 2.05) is 28.9 Å². The zero-order valence-corrected chi connectivity index (χ0v) is 22.1. The first-order valence-electron chi connectivity index (χ1n) is 12.7. The summed E-state index contributed by atoms with van der Waals surface area (Å²) in [5, 5.41) is 2.91. The van der Waals surface area contributed by atoms with Crippen LogP contribution >= 0.6 is 0 Å². The summed E-state index contributed by atoms with van der Waals surface area (Å²) in [7, 11) is -3.32. The van der Waals surface area contributed by atoms with E-state index in [0.29, 0.717) is 22.6 Å². The molecule has 1 N–H and O–H groups in total. The number of carbonyl (C=O) groups excluding carboxylic acids is 1. The summed E-state index contributed by atoms with van der Waals surface area (Å²) in [6.45, 7) is 3.87. The van der Waals surface area contributed by atoms with Gasteiger partial charge in [0, 0.05) is 56.7 Å². The molecule has 0 atom stereocenters. The van der Waals surface area contributed by atoms with Crippen LogP contribution in [0.25, 0.3) is 0 Å². The number of rotatable bonds is 6. The molecule has 1 aliphatic carbocycles. The molecule has 2 saturated heterocycles. The number of nitrogens with one attached hydrogen (secondary N) is 1. The molecule has 8 nitrogen and oxygen atoms in total. The number of benzene rings is 1. The Balaban J connectivity index is 1.39. The molecule has 1 amide bonds. The zero-order chi connectivity index (χ0) is 26.4. The van der Waals surface area contributed by atoms with E-state index in [1.54, 1.807) is 6.07 Å². The molecular formula is C26H33F2N5O3S. The Hall–Kier alpha value is -2.82. The lowest BCUT2D eigenvalue weighted by Gasteiger charge is -2.34. The Morgan fingerprint density at radius 2 is 1.65 bits per heavy atom. The number of aryl methyl sites for hydroxylation is 1. The van der Waals surface area contributed by atoms with Gasteiger partial charge in [-0.25, -0.2) is 27.2 Å². The van der Waals surface area contributed by atoms with Crippen LogP contribution in [0.15, 0.2) is 24.4 Å². The lowest BCUT2D eigenvalue weighted by Crippen LogP contribution is -2.39. The van der Waals surface area contributed by atoms with Crippen molar-refractivity contribution in [1.29, 1.82) is 0 Å². The molecule has 200 valence electrons. The van der Waals surface area contributed by atoms with E-state index >= 15 is 0 Å². The molecule has 1 aromatic carbocycles. The maximum Gasteiger partial charge on any atom is 0.278 e. The van der Waals surface area contributed by atoms with Gasteiger partial charge in [0.15, 0.2) is 21.3 Å². The fourth-order valence-corrected chi connectivity index (χ4v) is 5.98. The molecule has 0 unspecified atom stereocenters. The number of nitrogens with zero attached hydrogens (tertiary/aromatic N) is 4. The largest absolute Gasteiger partial charge is 0.371 e. The first-order chi connectivity index (χ1) is 17.4. The average molecular weight is 534 g/mol. The number of alkyl halides is 2. The Labute approximate surface area is 216 Å². The fraction of sp³-hybridized carbons (Fsp3) is 0.577. The van der Waals surface area contributed by atoms with Gasteiger partial charge in [-0.2, -0.15) is 0 Å². The lowest BCUT2D eigenvalue weighted by molar-refractivity contribution is -0.0220. The highest BCUT2D eigenvalue weighted by atomic mass is 32.2. The number of anilines is 3. The number of aromatic nitrogens is 2. The highest BCUT2D eigenvalue weighted by Crippen LogP contribution is 2.54. The normalized spacial score (nSPS) is 20.6. The van der Waals surface area contributed by atoms with E-state index in [-0.39, 0.29) is 37.4 Å². The molecule has 1 aromatic heterocycles. The minimum Gasteiger partial charge on any atom is -0.371 e. The molecule has 2 aromatic rings. The second-order valence-electron chi connectivity index (χ2n) is 10.9. The summed E-state index contributed by atoms with van der Waals surface area (Å²) in [5.74, 6) is -2.92. The van der Waals surface area contributed by atoms with Crippen LogP contribution in [0, 0.1) is 12.3 Å². The minimum absolute atomic E-state index is 0.143. The van der Waals surface area contributed by atoms with Gasteiger partial charge >= 0.3 is 0 Å². The van der Waals surface area contributed by atoms with Crippen LogP contribution in [0.1, 0.15) is 60.3 Å². The highest BCUT2D eigenvalue weighted by molar-refractivity contribution is 7.89. The smallest absolute Gasteiger partial charge is 0.278 e. The van der Waals surface area contributed by atoms with Crippen molar-refractivity contribution in [2.45, 2.75) is 57.1 Å². The van der Waals surface area contributed by atoms with Crippen molar-refractivity contribution in [3.05, 3.63) is 41.3 Å². The van der Waals surface area contributed by atoms with Gasteiger partial charge in [-0.1, -0.05) is 0 Å². The van der Waals surface area contributed by atoms with E-state index in [9.17, 15) is 22.0 Å². The number of piperidine rings is 2. The van der Waals surface area contributed by atoms with Crippen LogP contribution in [-0.4, -0.2) is 62.7 Å². The summed E-state index contributed by atoms with van der Waals surface area (Å²) < 4.78 is 51.0. The second-order valence-corrected chi connectivity index (χ2v) is 13.1. The monoisotopic (exact) mass is 533 g/mol. The van der Waals surface area contributed by atoms with Gasteiger partial charge in [0.25, 0.3) is 11.8 Å². The van der Waals surface area contributed by atoms with Crippen molar-refractivity contribution in [3.63, 3.8) is 0 Å². The maximum absolute atomic E-state index is 13.6. The van der Waals surface area contributed by atoms with Crippen LogP contribution in [0.2, 0.25) is 0 Å². The van der Waals surface area contributed by atoms with E-state index in [4.69, 9.17) is 0 Å². The van der Waals surface area contributed by atoms with Crippen LogP contribution in [0.5, 0.6) is 0 Å². The number of halogens is 2. The summed E-state index contributed by atoms with van der Waals surface area (Å²) in [5.41, 5.74) is 3.09. The lowest BCUT2D eigenvalue weighted by atomic mass is 9.93. The van der Waals surface area contributed by atoms with Crippen LogP contribution in [0.3, 0.4) is 0 Å². The molecule has 3 heterocycles. The molecular weight excluding hydrogens is 500 g/mol. The van der Waals surface area contributed by atoms with Crippen molar-refractivity contribution in [2.75, 3.05) is 47.6 Å². The van der Waals surface area contributed by atoms with Gasteiger partial charge in [0.2, 0.25) is 0 Å². The molecule has 5 rings (SSSR count). The molecule has 3 fully saturated rings. The SMILES string of the molecule is Cc1cc(NC(=O)c2ncc(CS(C)(=O)=O)nc2N2CCC3(CC2)CC3)cc(N2CCC(F)(F)CC2)c1. The van der Waals surface area contributed by atoms with E-state index in [0.717, 1.165) is 43.4 Å². The molecule has 1 saturated carbocycles. The Morgan fingerprint density at radius 3 is 2.27 bits per heavy atom. The van der Waals surface area contributed by atoms with E-state index in [1.165, 1.54) is 19.0 Å². The quantitative estimate of drug-likeness (QED) is 0.595. The maximum atomic E-state index is 13.6. The summed E-state index contributed by atoms with van der Waals surface area (Å²) in [6, 6.07) is 5.53.